The van der Waals surface area contributed by atoms with E-state index in [2.05, 4.69) is 5.32 Å². The molecule has 122 valence electrons. The first-order chi connectivity index (χ1) is 11.7. The van der Waals surface area contributed by atoms with E-state index in [4.69, 9.17) is 14.4 Å². The van der Waals surface area contributed by atoms with Gasteiger partial charge in [-0.3, -0.25) is 4.79 Å². The molecule has 0 spiro atoms. The van der Waals surface area contributed by atoms with Gasteiger partial charge in [0.25, 0.3) is 5.91 Å². The third-order valence-corrected chi connectivity index (χ3v) is 3.08. The van der Waals surface area contributed by atoms with E-state index in [1.165, 1.54) is 12.3 Å². The van der Waals surface area contributed by atoms with Crippen LogP contribution < -0.4 is 5.32 Å². The smallest absolute Gasteiger partial charge is 0.349 e. The lowest BCUT2D eigenvalue weighted by molar-refractivity contribution is -0.144. The molecule has 24 heavy (non-hydrogen) atoms. The van der Waals surface area contributed by atoms with Crippen molar-refractivity contribution in [2.24, 2.45) is 0 Å². The first-order valence-corrected chi connectivity index (χ1v) is 7.32. The van der Waals surface area contributed by atoms with Crippen LogP contribution in [0.25, 0.3) is 6.08 Å². The Morgan fingerprint density at radius 3 is 2.67 bits per heavy atom. The van der Waals surface area contributed by atoms with Gasteiger partial charge in [0.05, 0.1) is 6.26 Å². The molecule has 0 fully saturated rings. The normalized spacial score (nSPS) is 10.7. The number of carbonyl (C=O) groups excluding carboxylic acids is 2. The summed E-state index contributed by atoms with van der Waals surface area (Å²) >= 11 is 0. The average molecular weight is 324 g/mol. The van der Waals surface area contributed by atoms with E-state index in [1.54, 1.807) is 18.2 Å². The molecule has 0 atom stereocenters. The highest BCUT2D eigenvalue weighted by Gasteiger charge is 2.13. The first kappa shape index (κ1) is 17.0. The second kappa shape index (κ2) is 8.96. The monoisotopic (exact) mass is 324 g/mol. The number of benzene rings is 1. The quantitative estimate of drug-likeness (QED) is 0.478. The summed E-state index contributed by atoms with van der Waals surface area (Å²) < 4.78 is 9.85. The Balaban J connectivity index is 1.74. The molecule has 0 saturated heterocycles. The van der Waals surface area contributed by atoms with Gasteiger partial charge in [-0.15, -0.1) is 0 Å². The molecule has 0 aliphatic rings. The summed E-state index contributed by atoms with van der Waals surface area (Å²) in [6, 6.07) is 14.6. The van der Waals surface area contributed by atoms with Crippen LogP contribution in [0.5, 0.6) is 0 Å². The molecule has 2 rings (SSSR count). The minimum atomic E-state index is -0.868. The van der Waals surface area contributed by atoms with E-state index in [1.807, 2.05) is 30.3 Å². The van der Waals surface area contributed by atoms with Crippen molar-refractivity contribution in [3.05, 3.63) is 65.6 Å². The Kier molecular flexibility index (Phi) is 6.35. The zero-order valence-electron chi connectivity index (χ0n) is 12.9. The molecule has 1 aromatic heterocycles. The van der Waals surface area contributed by atoms with Crippen molar-refractivity contribution in [3.8, 4) is 6.07 Å². The number of nitrogens with one attached hydrogen (secondary N) is 1. The van der Waals surface area contributed by atoms with Crippen LogP contribution >= 0.6 is 0 Å². The number of esters is 1. The number of hydrogen-bond donors (Lipinski definition) is 1. The lowest BCUT2D eigenvalue weighted by Gasteiger charge is -2.06. The van der Waals surface area contributed by atoms with Crippen molar-refractivity contribution in [1.82, 2.24) is 5.32 Å². The molecule has 0 aliphatic heterocycles. The lowest BCUT2D eigenvalue weighted by Crippen LogP contribution is -2.30. The van der Waals surface area contributed by atoms with Gasteiger partial charge in [0.2, 0.25) is 0 Å². The van der Waals surface area contributed by atoms with E-state index >= 15 is 0 Å². The molecular formula is C18H16N2O4. The van der Waals surface area contributed by atoms with Gasteiger partial charge in [0.1, 0.15) is 17.4 Å². The minimum absolute atomic E-state index is 0.234. The topological polar surface area (TPSA) is 92.3 Å². The Morgan fingerprint density at radius 1 is 1.21 bits per heavy atom. The summed E-state index contributed by atoms with van der Waals surface area (Å²) in [6.45, 7) is -0.00145. The average Bonchev–Trinajstić information content (AvgIpc) is 3.11. The number of amides is 1. The number of nitrogens with zero attached hydrogens (tertiary/aromatic N) is 1. The lowest BCUT2D eigenvalue weighted by atomic mass is 10.1. The molecule has 1 N–H and O–H groups in total. The molecular weight excluding hydrogens is 308 g/mol. The molecule has 0 bridgehead atoms. The van der Waals surface area contributed by atoms with Crippen molar-refractivity contribution in [2.45, 2.75) is 6.42 Å². The molecule has 6 nitrogen and oxygen atoms in total. The Hall–Kier alpha value is -3.33. The molecule has 6 heteroatoms. The predicted octanol–water partition coefficient (Wildman–Crippen LogP) is 2.09. The van der Waals surface area contributed by atoms with Gasteiger partial charge in [-0.05, 0) is 24.1 Å². The van der Waals surface area contributed by atoms with Crippen LogP contribution in [0.4, 0.5) is 0 Å². The maximum absolute atomic E-state index is 11.8. The summed E-state index contributed by atoms with van der Waals surface area (Å²) in [6.07, 6.45) is 3.37. The molecule has 0 saturated carbocycles. The predicted molar refractivity (Wildman–Crippen MR) is 86.4 cm³/mol. The van der Waals surface area contributed by atoms with Crippen molar-refractivity contribution in [2.75, 3.05) is 13.2 Å². The third-order valence-electron chi connectivity index (χ3n) is 3.08. The first-order valence-electron chi connectivity index (χ1n) is 7.32. The highest BCUT2D eigenvalue weighted by Crippen LogP contribution is 2.08. The second-order valence-electron chi connectivity index (χ2n) is 4.85. The number of rotatable bonds is 7. The Labute approximate surface area is 139 Å². The number of hydrogen-bond acceptors (Lipinski definition) is 5. The van der Waals surface area contributed by atoms with E-state index in [9.17, 15) is 9.59 Å². The second-order valence-corrected chi connectivity index (χ2v) is 4.85. The zero-order valence-corrected chi connectivity index (χ0v) is 12.9. The molecule has 1 aromatic carbocycles. The van der Waals surface area contributed by atoms with E-state index in [0.29, 0.717) is 18.7 Å². The van der Waals surface area contributed by atoms with Crippen LogP contribution in [0.2, 0.25) is 0 Å². The zero-order chi connectivity index (χ0) is 17.2. The third kappa shape index (κ3) is 5.46. The highest BCUT2D eigenvalue weighted by atomic mass is 16.5. The molecule has 0 radical (unpaired) electrons. The number of nitriles is 1. The van der Waals surface area contributed by atoms with Gasteiger partial charge < -0.3 is 14.5 Å². The SMILES string of the molecule is N#C/C(=C\c1ccco1)C(=O)OCC(=O)NCCc1ccccc1. The van der Waals surface area contributed by atoms with Gasteiger partial charge in [-0.1, -0.05) is 30.3 Å². The number of ether oxygens (including phenoxy) is 1. The molecule has 1 amide bonds. The largest absolute Gasteiger partial charge is 0.465 e. The molecule has 2 aromatic rings. The van der Waals surface area contributed by atoms with Crippen molar-refractivity contribution < 1.29 is 18.7 Å². The van der Waals surface area contributed by atoms with Gasteiger partial charge in [0, 0.05) is 12.6 Å². The fraction of sp³-hybridized carbons (Fsp3) is 0.167. The van der Waals surface area contributed by atoms with Crippen LogP contribution in [-0.2, 0) is 20.7 Å². The van der Waals surface area contributed by atoms with Gasteiger partial charge in [-0.2, -0.15) is 5.26 Å². The van der Waals surface area contributed by atoms with Crippen LogP contribution in [0.1, 0.15) is 11.3 Å². The molecule has 0 unspecified atom stereocenters. The molecule has 0 aliphatic carbocycles. The van der Waals surface area contributed by atoms with Crippen molar-refractivity contribution >= 4 is 18.0 Å². The van der Waals surface area contributed by atoms with E-state index in [0.717, 1.165) is 5.56 Å². The molecule has 1 heterocycles. The summed E-state index contributed by atoms with van der Waals surface area (Å²) in [4.78, 5) is 23.4. The van der Waals surface area contributed by atoms with E-state index in [-0.39, 0.29) is 5.57 Å². The highest BCUT2D eigenvalue weighted by molar-refractivity contribution is 5.98. The Morgan fingerprint density at radius 2 is 2.00 bits per heavy atom. The fourth-order valence-corrected chi connectivity index (χ4v) is 1.90. The maximum Gasteiger partial charge on any atom is 0.349 e. The summed E-state index contributed by atoms with van der Waals surface area (Å²) in [5.74, 6) is -0.933. The summed E-state index contributed by atoms with van der Waals surface area (Å²) in [5, 5.41) is 11.6. The van der Waals surface area contributed by atoms with Gasteiger partial charge in [-0.25, -0.2) is 4.79 Å². The summed E-state index contributed by atoms with van der Waals surface area (Å²) in [7, 11) is 0. The van der Waals surface area contributed by atoms with Crippen LogP contribution in [0.15, 0.2) is 58.7 Å². The van der Waals surface area contributed by atoms with Gasteiger partial charge >= 0.3 is 5.97 Å². The summed E-state index contributed by atoms with van der Waals surface area (Å²) in [5.41, 5.74) is 0.866. The van der Waals surface area contributed by atoms with Crippen LogP contribution in [-0.4, -0.2) is 25.0 Å². The maximum atomic E-state index is 11.8. The van der Waals surface area contributed by atoms with Crippen LogP contribution in [0.3, 0.4) is 0 Å². The minimum Gasteiger partial charge on any atom is -0.465 e. The van der Waals surface area contributed by atoms with Gasteiger partial charge in [0.15, 0.2) is 6.61 Å². The van der Waals surface area contributed by atoms with Crippen molar-refractivity contribution in [1.29, 1.82) is 5.26 Å². The number of carbonyl (C=O) groups is 2. The number of furan rings is 1. The standard InChI is InChI=1S/C18H16N2O4/c19-12-15(11-16-7-4-10-23-16)18(22)24-13-17(21)20-9-8-14-5-2-1-3-6-14/h1-7,10-11H,8-9,13H2,(H,20,21)/b15-11+. The Bertz CT molecular complexity index is 743. The van der Waals surface area contributed by atoms with Crippen molar-refractivity contribution in [3.63, 3.8) is 0 Å². The fourth-order valence-electron chi connectivity index (χ4n) is 1.90. The van der Waals surface area contributed by atoms with E-state index < -0.39 is 18.5 Å². The van der Waals surface area contributed by atoms with Crippen LogP contribution in [0, 0.1) is 11.3 Å².